The Labute approximate surface area is 225 Å². The molecule has 3 aliphatic rings. The number of fused-ring (bicyclic) bond motifs is 5. The fraction of sp³-hybridized carbons (Fsp3) is 0.407. The average molecular weight is 557 g/mol. The molecule has 8 nitrogen and oxygen atoms in total. The van der Waals surface area contributed by atoms with Crippen molar-refractivity contribution >= 4 is 22.8 Å². The molecule has 4 aromatic rings. The van der Waals surface area contributed by atoms with Crippen LogP contribution in [0.2, 0.25) is 0 Å². The van der Waals surface area contributed by atoms with Gasteiger partial charge in [0.1, 0.15) is 28.9 Å². The summed E-state index contributed by atoms with van der Waals surface area (Å²) in [4.78, 5) is 19.1. The molecule has 3 aromatic heterocycles. The number of hydrogen-bond acceptors (Lipinski definition) is 7. The Balaban J connectivity index is 1.13. The van der Waals surface area contributed by atoms with Gasteiger partial charge in [-0.15, -0.1) is 0 Å². The van der Waals surface area contributed by atoms with Gasteiger partial charge in [0.15, 0.2) is 11.6 Å². The highest BCUT2D eigenvalue weighted by Crippen LogP contribution is 2.42. The molecule has 2 saturated heterocycles. The number of aromatic nitrogens is 5. The molecule has 0 spiro atoms. The summed E-state index contributed by atoms with van der Waals surface area (Å²) < 4.78 is 71.7. The van der Waals surface area contributed by atoms with Crippen molar-refractivity contribution in [3.05, 3.63) is 59.7 Å². The van der Waals surface area contributed by atoms with E-state index in [1.54, 1.807) is 12.3 Å². The second-order valence-corrected chi connectivity index (χ2v) is 10.7. The maximum absolute atomic E-state index is 15.0. The Morgan fingerprint density at radius 1 is 0.950 bits per heavy atom. The van der Waals surface area contributed by atoms with E-state index in [4.69, 9.17) is 0 Å². The van der Waals surface area contributed by atoms with Crippen LogP contribution in [-0.4, -0.2) is 60.8 Å². The highest BCUT2D eigenvalue weighted by molar-refractivity contribution is 5.83. The maximum atomic E-state index is 15.0. The van der Waals surface area contributed by atoms with E-state index in [0.29, 0.717) is 17.9 Å². The molecule has 2 bridgehead atoms. The molecular formula is C27H25F5N8. The summed E-state index contributed by atoms with van der Waals surface area (Å²) in [6.07, 6.45) is 0.492. The van der Waals surface area contributed by atoms with Gasteiger partial charge in [-0.1, -0.05) is 6.07 Å². The summed E-state index contributed by atoms with van der Waals surface area (Å²) in [6, 6.07) is 5.33. The van der Waals surface area contributed by atoms with Gasteiger partial charge in [-0.05, 0) is 43.0 Å². The van der Waals surface area contributed by atoms with Crippen LogP contribution in [0.1, 0.15) is 36.7 Å². The largest absolute Gasteiger partial charge is 0.409 e. The van der Waals surface area contributed by atoms with Crippen molar-refractivity contribution < 1.29 is 22.0 Å². The van der Waals surface area contributed by atoms with Gasteiger partial charge >= 0.3 is 6.18 Å². The monoisotopic (exact) mass is 556 g/mol. The van der Waals surface area contributed by atoms with E-state index in [0.717, 1.165) is 42.0 Å². The Bertz CT molecular complexity index is 1570. The third-order valence-electron chi connectivity index (χ3n) is 7.93. The highest BCUT2D eigenvalue weighted by Gasteiger charge is 2.45. The van der Waals surface area contributed by atoms with Crippen LogP contribution >= 0.6 is 0 Å². The van der Waals surface area contributed by atoms with Crippen LogP contribution in [0.15, 0.2) is 36.7 Å². The van der Waals surface area contributed by atoms with Crippen LogP contribution < -0.4 is 10.6 Å². The normalized spacial score (nSPS) is 22.7. The first kappa shape index (κ1) is 25.3. The first-order valence-electron chi connectivity index (χ1n) is 13.2. The van der Waals surface area contributed by atoms with Crippen molar-refractivity contribution in [2.75, 3.05) is 18.4 Å². The highest BCUT2D eigenvalue weighted by atomic mass is 19.4. The lowest BCUT2D eigenvalue weighted by Crippen LogP contribution is -2.50. The first-order chi connectivity index (χ1) is 19.2. The summed E-state index contributed by atoms with van der Waals surface area (Å²) >= 11 is 0. The number of imidazole rings is 1. The lowest BCUT2D eigenvalue weighted by Gasteiger charge is -2.32. The molecule has 3 aliphatic heterocycles. The molecule has 2 N–H and O–H groups in total. The minimum Gasteiger partial charge on any atom is -0.316 e. The van der Waals surface area contributed by atoms with E-state index in [2.05, 4.69) is 35.5 Å². The maximum Gasteiger partial charge on any atom is 0.409 e. The van der Waals surface area contributed by atoms with Crippen LogP contribution in [0.4, 0.5) is 33.7 Å². The number of likely N-dealkylation sites (tertiary alicyclic amines) is 1. The van der Waals surface area contributed by atoms with Crippen LogP contribution in [-0.2, 0) is 13.0 Å². The fourth-order valence-electron chi connectivity index (χ4n) is 6.18. The van der Waals surface area contributed by atoms with Gasteiger partial charge in [-0.3, -0.25) is 4.90 Å². The fourth-order valence-corrected chi connectivity index (χ4v) is 6.18. The Morgan fingerprint density at radius 3 is 2.48 bits per heavy atom. The van der Waals surface area contributed by atoms with E-state index in [-0.39, 0.29) is 46.9 Å². The molecule has 7 rings (SSSR count). The molecule has 2 fully saturated rings. The molecule has 0 saturated carbocycles. The second kappa shape index (κ2) is 9.44. The van der Waals surface area contributed by atoms with Crippen molar-refractivity contribution in [2.24, 2.45) is 0 Å². The standard InChI is InChI=1S/C27H25F5N8/c28-18-7-15(8-20-25(18)37-23-6-4-21(40(20)23)27(30,31)32)24-19(29)10-34-26(38-24)36-22-5-1-14(9-33-22)11-39-12-16-2-3-17(13-39)35-16/h1,5,7-10,16-17,21,35H,2-4,6,11-13H2,(H,33,34,36,38). The molecule has 6 heterocycles. The van der Waals surface area contributed by atoms with Gasteiger partial charge in [0.25, 0.3) is 0 Å². The number of nitrogens with one attached hydrogen (secondary N) is 2. The minimum atomic E-state index is -4.52. The molecule has 0 amide bonds. The predicted molar refractivity (Wildman–Crippen MR) is 137 cm³/mol. The van der Waals surface area contributed by atoms with Gasteiger partial charge < -0.3 is 15.2 Å². The van der Waals surface area contributed by atoms with E-state index in [1.807, 2.05) is 6.07 Å². The van der Waals surface area contributed by atoms with Gasteiger partial charge in [-0.25, -0.2) is 28.7 Å². The zero-order chi connectivity index (χ0) is 27.6. The molecule has 208 valence electrons. The van der Waals surface area contributed by atoms with Crippen LogP contribution in [0.25, 0.3) is 22.3 Å². The number of hydrogen-bond donors (Lipinski definition) is 2. The van der Waals surface area contributed by atoms with Gasteiger partial charge in [0.2, 0.25) is 5.95 Å². The third kappa shape index (κ3) is 4.56. The summed E-state index contributed by atoms with van der Waals surface area (Å²) in [5, 5.41) is 6.54. The molecule has 13 heteroatoms. The van der Waals surface area contributed by atoms with Crippen molar-refractivity contribution in [3.63, 3.8) is 0 Å². The van der Waals surface area contributed by atoms with Crippen LogP contribution in [0, 0.1) is 11.6 Å². The zero-order valence-corrected chi connectivity index (χ0v) is 21.2. The average Bonchev–Trinajstić information content (AvgIpc) is 3.60. The molecule has 40 heavy (non-hydrogen) atoms. The molecule has 1 aromatic carbocycles. The molecule has 3 atom stereocenters. The molecular weight excluding hydrogens is 531 g/mol. The van der Waals surface area contributed by atoms with Crippen molar-refractivity contribution in [3.8, 4) is 11.3 Å². The van der Waals surface area contributed by atoms with E-state index in [9.17, 15) is 22.0 Å². The van der Waals surface area contributed by atoms with Crippen LogP contribution in [0.5, 0.6) is 0 Å². The predicted octanol–water partition coefficient (Wildman–Crippen LogP) is 4.90. The summed E-state index contributed by atoms with van der Waals surface area (Å²) in [5.41, 5.74) is 0.560. The summed E-state index contributed by atoms with van der Waals surface area (Å²) in [7, 11) is 0. The number of pyridine rings is 1. The topological polar surface area (TPSA) is 83.8 Å². The number of piperazine rings is 1. The van der Waals surface area contributed by atoms with Crippen molar-refractivity contribution in [2.45, 2.75) is 56.5 Å². The smallest absolute Gasteiger partial charge is 0.316 e. The number of alkyl halides is 3. The Kier molecular flexibility index (Phi) is 5.97. The van der Waals surface area contributed by atoms with Crippen molar-refractivity contribution in [1.29, 1.82) is 0 Å². The van der Waals surface area contributed by atoms with Crippen molar-refractivity contribution in [1.82, 2.24) is 34.7 Å². The van der Waals surface area contributed by atoms with E-state index < -0.39 is 23.9 Å². The van der Waals surface area contributed by atoms with Gasteiger partial charge in [0.05, 0.1) is 11.7 Å². The lowest BCUT2D eigenvalue weighted by atomic mass is 10.1. The van der Waals surface area contributed by atoms with Gasteiger partial charge in [0, 0.05) is 49.9 Å². The SMILES string of the molecule is Fc1cnc(Nc2ccc(CN3CC4CCC(C3)N4)cn2)nc1-c1cc(F)c2nc3n(c2c1)C(C(F)(F)F)CC3. The minimum absolute atomic E-state index is 0.0162. The molecule has 0 radical (unpaired) electrons. The second-order valence-electron chi connectivity index (χ2n) is 10.7. The van der Waals surface area contributed by atoms with Gasteiger partial charge in [-0.2, -0.15) is 13.2 Å². The third-order valence-corrected chi connectivity index (χ3v) is 7.93. The summed E-state index contributed by atoms with van der Waals surface area (Å²) in [6.45, 7) is 2.81. The van der Waals surface area contributed by atoms with E-state index in [1.165, 1.54) is 18.9 Å². The first-order valence-corrected chi connectivity index (χ1v) is 13.2. The zero-order valence-electron chi connectivity index (χ0n) is 21.2. The van der Waals surface area contributed by atoms with Crippen LogP contribution in [0.3, 0.4) is 0 Å². The number of rotatable bonds is 5. The number of anilines is 2. The Hall–Kier alpha value is -3.71. The van der Waals surface area contributed by atoms with E-state index >= 15 is 0 Å². The number of aryl methyl sites for hydroxylation is 1. The summed E-state index contributed by atoms with van der Waals surface area (Å²) in [5.74, 6) is -1.09. The molecule has 0 aliphatic carbocycles. The quantitative estimate of drug-likeness (QED) is 0.339. The molecule has 3 unspecified atom stereocenters. The Morgan fingerprint density at radius 2 is 1.75 bits per heavy atom. The number of benzene rings is 1. The number of halogens is 5. The lowest BCUT2D eigenvalue weighted by molar-refractivity contribution is -0.164. The number of nitrogens with zero attached hydrogens (tertiary/aromatic N) is 6.